The highest BCUT2D eigenvalue weighted by Crippen LogP contribution is 2.21. The van der Waals surface area contributed by atoms with Crippen molar-refractivity contribution in [3.8, 4) is 0 Å². The number of benzene rings is 1. The van der Waals surface area contributed by atoms with Gasteiger partial charge in [0.25, 0.3) is 0 Å². The van der Waals surface area contributed by atoms with Crippen LogP contribution in [0.4, 0.5) is 4.39 Å². The Morgan fingerprint density at radius 3 is 2.62 bits per heavy atom. The molecule has 0 aromatic heterocycles. The number of nitrogens with two attached hydrogens (primary N) is 1. The van der Waals surface area contributed by atoms with Gasteiger partial charge in [0, 0.05) is 15.6 Å². The first-order valence-electron chi connectivity index (χ1n) is 3.45. The third kappa shape index (κ3) is 2.05. The quantitative estimate of drug-likeness (QED) is 0.825. The third-order valence-electron chi connectivity index (χ3n) is 1.58. The van der Waals surface area contributed by atoms with Crippen LogP contribution in [-0.4, -0.2) is 11.0 Å². The highest BCUT2D eigenvalue weighted by Gasteiger charge is 2.10. The number of hydrogen-bond acceptors (Lipinski definition) is 2. The van der Waals surface area contributed by atoms with E-state index < -0.39 is 18.3 Å². The molecule has 13 heavy (non-hydrogen) atoms. The summed E-state index contributed by atoms with van der Waals surface area (Å²) in [7, 11) is 0. The molecule has 0 saturated heterocycles. The van der Waals surface area contributed by atoms with Crippen LogP contribution in [0.15, 0.2) is 16.6 Å². The molecule has 3 nitrogen and oxygen atoms in total. The molecule has 0 heterocycles. The molecule has 1 aromatic carbocycles. The first-order valence-corrected chi connectivity index (χ1v) is 4.24. The lowest BCUT2D eigenvalue weighted by atomic mass is 10.1. The van der Waals surface area contributed by atoms with Crippen molar-refractivity contribution < 1.29 is 14.3 Å². The summed E-state index contributed by atoms with van der Waals surface area (Å²) < 4.78 is 13.4. The average Bonchev–Trinajstić information content (AvgIpc) is 2.03. The van der Waals surface area contributed by atoms with Crippen molar-refractivity contribution in [3.05, 3.63) is 33.5 Å². The molecule has 0 atom stereocenters. The molecule has 0 spiro atoms. The fraction of sp³-hybridized carbons (Fsp3) is 0.125. The molecule has 3 N–H and O–H groups in total. The Hall–Kier alpha value is -0.940. The average molecular weight is 248 g/mol. The van der Waals surface area contributed by atoms with Crippen molar-refractivity contribution in [2.45, 2.75) is 6.61 Å². The van der Waals surface area contributed by atoms with E-state index in [1.54, 1.807) is 0 Å². The molecule has 0 bridgehead atoms. The van der Waals surface area contributed by atoms with E-state index in [4.69, 9.17) is 10.8 Å². The smallest absolute Gasteiger partial charge is 0.248 e. The largest absolute Gasteiger partial charge is 0.392 e. The number of aliphatic hydroxyl groups is 1. The number of carbonyl (C=O) groups excluding carboxylic acids is 1. The van der Waals surface area contributed by atoms with E-state index in [9.17, 15) is 9.18 Å². The maximum absolute atomic E-state index is 13.1. The molecule has 0 aliphatic carbocycles. The first-order chi connectivity index (χ1) is 6.06. The molecule has 0 unspecified atom stereocenters. The summed E-state index contributed by atoms with van der Waals surface area (Å²) in [6.45, 7) is -0.425. The number of primary amides is 1. The van der Waals surface area contributed by atoms with E-state index >= 15 is 0 Å². The van der Waals surface area contributed by atoms with Gasteiger partial charge >= 0.3 is 0 Å². The van der Waals surface area contributed by atoms with Crippen LogP contribution in [0.1, 0.15) is 15.9 Å². The lowest BCUT2D eigenvalue weighted by molar-refractivity contribution is 0.0999. The topological polar surface area (TPSA) is 63.3 Å². The van der Waals surface area contributed by atoms with Gasteiger partial charge in [0.15, 0.2) is 0 Å². The molecule has 0 aliphatic heterocycles. The second kappa shape index (κ2) is 3.85. The van der Waals surface area contributed by atoms with E-state index in [1.165, 1.54) is 6.07 Å². The minimum absolute atomic E-state index is 0.0709. The zero-order valence-electron chi connectivity index (χ0n) is 6.55. The number of amides is 1. The van der Waals surface area contributed by atoms with Crippen molar-refractivity contribution >= 4 is 21.8 Å². The summed E-state index contributed by atoms with van der Waals surface area (Å²) >= 11 is 3.02. The fourth-order valence-corrected chi connectivity index (χ4v) is 1.46. The summed E-state index contributed by atoms with van der Waals surface area (Å²) in [6, 6.07) is 2.37. The van der Waals surface area contributed by atoms with Crippen LogP contribution in [0.3, 0.4) is 0 Å². The van der Waals surface area contributed by atoms with Crippen molar-refractivity contribution in [2.24, 2.45) is 5.73 Å². The van der Waals surface area contributed by atoms with Crippen LogP contribution < -0.4 is 5.73 Å². The zero-order chi connectivity index (χ0) is 10.0. The van der Waals surface area contributed by atoms with Crippen molar-refractivity contribution in [3.63, 3.8) is 0 Å². The molecule has 1 amide bonds. The van der Waals surface area contributed by atoms with Crippen molar-refractivity contribution in [2.75, 3.05) is 0 Å². The van der Waals surface area contributed by atoms with Crippen molar-refractivity contribution in [1.82, 2.24) is 0 Å². The second-order valence-corrected chi connectivity index (χ2v) is 3.30. The molecule has 70 valence electrons. The summed E-state index contributed by atoms with van der Waals surface area (Å²) in [6.07, 6.45) is 0. The van der Waals surface area contributed by atoms with E-state index in [0.29, 0.717) is 4.47 Å². The Morgan fingerprint density at radius 1 is 1.62 bits per heavy atom. The lowest BCUT2D eigenvalue weighted by Gasteiger charge is -2.04. The summed E-state index contributed by atoms with van der Waals surface area (Å²) in [5, 5.41) is 8.74. The predicted molar refractivity (Wildman–Crippen MR) is 48.5 cm³/mol. The van der Waals surface area contributed by atoms with Gasteiger partial charge in [-0.15, -0.1) is 0 Å². The monoisotopic (exact) mass is 247 g/mol. The van der Waals surface area contributed by atoms with Crippen LogP contribution >= 0.6 is 15.9 Å². The standard InChI is InChI=1S/C8H7BrFNO2/c9-6-1-4(8(11)13)2-7(10)5(6)3-12/h1-2,12H,3H2,(H2,11,13). The Kier molecular flexibility index (Phi) is 3.00. The van der Waals surface area contributed by atoms with Crippen LogP contribution in [-0.2, 0) is 6.61 Å². The van der Waals surface area contributed by atoms with Crippen LogP contribution in [0.2, 0.25) is 0 Å². The van der Waals surface area contributed by atoms with Gasteiger partial charge in [-0.05, 0) is 12.1 Å². The highest BCUT2D eigenvalue weighted by molar-refractivity contribution is 9.10. The van der Waals surface area contributed by atoms with Crippen LogP contribution in [0, 0.1) is 5.82 Å². The SMILES string of the molecule is NC(=O)c1cc(F)c(CO)c(Br)c1. The molecule has 0 radical (unpaired) electrons. The molecular formula is C8H7BrFNO2. The van der Waals surface area contributed by atoms with Gasteiger partial charge in [-0.1, -0.05) is 15.9 Å². The van der Waals surface area contributed by atoms with Gasteiger partial charge in [-0.3, -0.25) is 4.79 Å². The molecule has 1 rings (SSSR count). The predicted octanol–water partition coefficient (Wildman–Crippen LogP) is 1.18. The van der Waals surface area contributed by atoms with E-state index in [-0.39, 0.29) is 11.1 Å². The lowest BCUT2D eigenvalue weighted by Crippen LogP contribution is -2.12. The Morgan fingerprint density at radius 2 is 2.23 bits per heavy atom. The number of halogens is 2. The normalized spacial score (nSPS) is 10.1. The minimum atomic E-state index is -0.705. The molecule has 0 aliphatic rings. The number of rotatable bonds is 2. The van der Waals surface area contributed by atoms with E-state index in [1.807, 2.05) is 0 Å². The molecule has 5 heteroatoms. The number of carbonyl (C=O) groups is 1. The molecule has 1 aromatic rings. The van der Waals surface area contributed by atoms with Crippen LogP contribution in [0.25, 0.3) is 0 Å². The second-order valence-electron chi connectivity index (χ2n) is 2.44. The summed E-state index contributed by atoms with van der Waals surface area (Å²) in [4.78, 5) is 10.7. The summed E-state index contributed by atoms with van der Waals surface area (Å²) in [5.74, 6) is -1.35. The molecule has 0 saturated carbocycles. The first kappa shape index (κ1) is 10.1. The maximum atomic E-state index is 13.1. The maximum Gasteiger partial charge on any atom is 0.248 e. The fourth-order valence-electron chi connectivity index (χ4n) is 0.896. The van der Waals surface area contributed by atoms with Gasteiger partial charge in [-0.25, -0.2) is 4.39 Å². The van der Waals surface area contributed by atoms with Gasteiger partial charge in [0.2, 0.25) is 5.91 Å². The third-order valence-corrected chi connectivity index (χ3v) is 2.29. The van der Waals surface area contributed by atoms with Crippen molar-refractivity contribution in [1.29, 1.82) is 0 Å². The van der Waals surface area contributed by atoms with Gasteiger partial charge in [-0.2, -0.15) is 0 Å². The zero-order valence-corrected chi connectivity index (χ0v) is 8.14. The Labute approximate surface area is 82.5 Å². The Balaban J connectivity index is 3.28. The van der Waals surface area contributed by atoms with Crippen LogP contribution in [0.5, 0.6) is 0 Å². The van der Waals surface area contributed by atoms with Gasteiger partial charge in [0.05, 0.1) is 6.61 Å². The highest BCUT2D eigenvalue weighted by atomic mass is 79.9. The molecule has 0 fully saturated rings. The number of hydrogen-bond donors (Lipinski definition) is 2. The molecular weight excluding hydrogens is 241 g/mol. The van der Waals surface area contributed by atoms with E-state index in [2.05, 4.69) is 15.9 Å². The number of aliphatic hydroxyl groups excluding tert-OH is 1. The summed E-state index contributed by atoms with van der Waals surface area (Å²) in [5.41, 5.74) is 5.14. The minimum Gasteiger partial charge on any atom is -0.392 e. The van der Waals surface area contributed by atoms with E-state index in [0.717, 1.165) is 6.07 Å². The van der Waals surface area contributed by atoms with Gasteiger partial charge < -0.3 is 10.8 Å². The Bertz CT molecular complexity index is 331. The van der Waals surface area contributed by atoms with Gasteiger partial charge in [0.1, 0.15) is 5.82 Å².